The molecular formula is C14H33NO2Sn. The van der Waals surface area contributed by atoms with Gasteiger partial charge < -0.3 is 0 Å². The summed E-state index contributed by atoms with van der Waals surface area (Å²) in [7, 11) is 0. The monoisotopic (exact) mass is 367 g/mol. The standard InChI is InChI=1S/C5H12N.2C4H9O.CH3.Sn/c1-3-4-5(2)6;2*1-3-4(2)5;;/h5H,1,3-4,6H2,2H3;2*4H,3H2,1-2H3;1H3;/q;2*-1;;+2. The van der Waals surface area contributed by atoms with Crippen LogP contribution in [0.1, 0.15) is 60.3 Å². The molecule has 0 heterocycles. The van der Waals surface area contributed by atoms with Gasteiger partial charge in [0.15, 0.2) is 0 Å². The Labute approximate surface area is 119 Å². The molecule has 3 nitrogen and oxygen atoms in total. The average Bonchev–Trinajstić information content (AvgIpc) is 2.27. The van der Waals surface area contributed by atoms with Crippen molar-refractivity contribution in [3.63, 3.8) is 0 Å². The quantitative estimate of drug-likeness (QED) is 0.598. The number of hydrogen-bond acceptors (Lipinski definition) is 3. The molecule has 0 aliphatic carbocycles. The first-order chi connectivity index (χ1) is 8.33. The van der Waals surface area contributed by atoms with Crippen LogP contribution in [0.3, 0.4) is 0 Å². The van der Waals surface area contributed by atoms with Gasteiger partial charge in [0.25, 0.3) is 0 Å². The minimum atomic E-state index is -2.84. The second kappa shape index (κ2) is 9.56. The summed E-state index contributed by atoms with van der Waals surface area (Å²) in [5.74, 6) is 0. The fourth-order valence-electron chi connectivity index (χ4n) is 1.91. The van der Waals surface area contributed by atoms with Gasteiger partial charge in [0.05, 0.1) is 0 Å². The Morgan fingerprint density at radius 1 is 1.00 bits per heavy atom. The summed E-state index contributed by atoms with van der Waals surface area (Å²) in [6, 6.07) is 0.285. The zero-order valence-corrected chi connectivity index (χ0v) is 16.0. The van der Waals surface area contributed by atoms with Gasteiger partial charge in [0.2, 0.25) is 0 Å². The SMILES string of the molecule is CCC(C)[O][Sn]([CH3])([CH2]CCC(C)N)[O]C(C)CC. The van der Waals surface area contributed by atoms with Crippen LogP contribution in [-0.4, -0.2) is 37.5 Å². The molecule has 0 aromatic heterocycles. The molecule has 0 spiro atoms. The molecule has 0 rings (SSSR count). The number of rotatable bonds is 10. The minimum absolute atomic E-state index is 0.285. The van der Waals surface area contributed by atoms with Crippen LogP contribution in [0.15, 0.2) is 0 Å². The summed E-state index contributed by atoms with van der Waals surface area (Å²) in [6.45, 7) is 10.7. The third-order valence-corrected chi connectivity index (χ3v) is 12.1. The zero-order valence-electron chi connectivity index (χ0n) is 13.2. The van der Waals surface area contributed by atoms with Crippen LogP contribution in [0.4, 0.5) is 0 Å². The molecule has 4 heteroatoms. The molecule has 0 amide bonds. The molecule has 0 aromatic carbocycles. The molecule has 0 saturated carbocycles. The van der Waals surface area contributed by atoms with Crippen LogP contribution in [0, 0.1) is 0 Å². The normalized spacial score (nSPS) is 20.2. The van der Waals surface area contributed by atoms with Crippen LogP contribution in [-0.2, 0) is 6.15 Å². The fourth-order valence-corrected chi connectivity index (χ4v) is 11.0. The molecule has 0 aliphatic rings. The van der Waals surface area contributed by atoms with E-state index < -0.39 is 19.2 Å². The van der Waals surface area contributed by atoms with E-state index in [1.54, 1.807) is 0 Å². The second-order valence-electron chi connectivity index (χ2n) is 5.68. The molecule has 0 saturated heterocycles. The first-order valence-corrected chi connectivity index (χ1v) is 14.6. The molecule has 2 N–H and O–H groups in total. The summed E-state index contributed by atoms with van der Waals surface area (Å²) in [4.78, 5) is 2.27. The van der Waals surface area contributed by atoms with Gasteiger partial charge in [-0.05, 0) is 0 Å². The van der Waals surface area contributed by atoms with Gasteiger partial charge in [-0.25, -0.2) is 0 Å². The van der Waals surface area contributed by atoms with Crippen molar-refractivity contribution in [2.24, 2.45) is 5.73 Å². The van der Waals surface area contributed by atoms with Gasteiger partial charge in [-0.15, -0.1) is 0 Å². The molecule has 0 aromatic rings. The summed E-state index contributed by atoms with van der Waals surface area (Å²) in [6.07, 6.45) is 4.97. The summed E-state index contributed by atoms with van der Waals surface area (Å²) < 4.78 is 13.7. The molecule has 0 fully saturated rings. The maximum atomic E-state index is 6.29. The van der Waals surface area contributed by atoms with Crippen molar-refractivity contribution in [2.45, 2.75) is 87.9 Å². The molecule has 0 bridgehead atoms. The Morgan fingerprint density at radius 3 is 1.78 bits per heavy atom. The molecule has 18 heavy (non-hydrogen) atoms. The van der Waals surface area contributed by atoms with E-state index in [1.165, 1.54) is 0 Å². The third kappa shape index (κ3) is 8.72. The number of hydrogen-bond donors (Lipinski definition) is 1. The number of nitrogens with two attached hydrogens (primary N) is 1. The van der Waals surface area contributed by atoms with E-state index in [0.717, 1.165) is 30.1 Å². The summed E-state index contributed by atoms with van der Waals surface area (Å²) in [5, 5.41) is 0. The fraction of sp³-hybridized carbons (Fsp3) is 1.00. The Hall–Kier alpha value is 0.679. The molecule has 110 valence electrons. The Morgan fingerprint density at radius 2 is 1.44 bits per heavy atom. The van der Waals surface area contributed by atoms with E-state index in [0.29, 0.717) is 12.2 Å². The zero-order chi connectivity index (χ0) is 14.2. The van der Waals surface area contributed by atoms with E-state index in [9.17, 15) is 0 Å². The Kier molecular flexibility index (Phi) is 9.92. The summed E-state index contributed by atoms with van der Waals surface area (Å²) in [5.41, 5.74) is 5.82. The summed E-state index contributed by atoms with van der Waals surface area (Å²) >= 11 is -2.84. The van der Waals surface area contributed by atoms with E-state index in [4.69, 9.17) is 11.9 Å². The first kappa shape index (κ1) is 18.7. The predicted octanol–water partition coefficient (Wildman–Crippen LogP) is 3.82. The first-order valence-electron chi connectivity index (χ1n) is 7.44. The van der Waals surface area contributed by atoms with Gasteiger partial charge >= 0.3 is 119 Å². The van der Waals surface area contributed by atoms with Crippen molar-refractivity contribution in [3.8, 4) is 0 Å². The van der Waals surface area contributed by atoms with Crippen molar-refractivity contribution in [1.82, 2.24) is 0 Å². The topological polar surface area (TPSA) is 44.5 Å². The van der Waals surface area contributed by atoms with Crippen LogP contribution < -0.4 is 5.73 Å². The van der Waals surface area contributed by atoms with Crippen LogP contribution >= 0.6 is 0 Å². The van der Waals surface area contributed by atoms with Gasteiger partial charge in [-0.2, -0.15) is 0 Å². The molecule has 0 aliphatic heterocycles. The van der Waals surface area contributed by atoms with E-state index in [-0.39, 0.29) is 6.04 Å². The molecule has 0 radical (unpaired) electrons. The predicted molar refractivity (Wildman–Crippen MR) is 81.0 cm³/mol. The van der Waals surface area contributed by atoms with Crippen molar-refractivity contribution in [2.75, 3.05) is 0 Å². The Balaban J connectivity index is 4.38. The van der Waals surface area contributed by atoms with Gasteiger partial charge in [0, 0.05) is 0 Å². The molecule has 3 atom stereocenters. The molecular weight excluding hydrogens is 333 g/mol. The maximum absolute atomic E-state index is 6.29. The second-order valence-corrected chi connectivity index (χ2v) is 14.9. The van der Waals surface area contributed by atoms with Gasteiger partial charge in [-0.1, -0.05) is 0 Å². The van der Waals surface area contributed by atoms with E-state index in [1.807, 2.05) is 0 Å². The van der Waals surface area contributed by atoms with Crippen molar-refractivity contribution < 1.29 is 6.15 Å². The third-order valence-electron chi connectivity index (χ3n) is 3.34. The van der Waals surface area contributed by atoms with Crippen LogP contribution in [0.5, 0.6) is 0 Å². The average molecular weight is 366 g/mol. The van der Waals surface area contributed by atoms with E-state index >= 15 is 0 Å². The molecule has 3 unspecified atom stereocenters. The van der Waals surface area contributed by atoms with Gasteiger partial charge in [-0.3, -0.25) is 0 Å². The van der Waals surface area contributed by atoms with Crippen LogP contribution in [0.25, 0.3) is 0 Å². The van der Waals surface area contributed by atoms with E-state index in [2.05, 4.69) is 39.6 Å². The van der Waals surface area contributed by atoms with Crippen molar-refractivity contribution in [3.05, 3.63) is 0 Å². The van der Waals surface area contributed by atoms with Crippen LogP contribution in [0.2, 0.25) is 9.38 Å². The Bertz CT molecular complexity index is 200. The van der Waals surface area contributed by atoms with Crippen molar-refractivity contribution in [1.29, 1.82) is 0 Å². The van der Waals surface area contributed by atoms with Gasteiger partial charge in [0.1, 0.15) is 0 Å². The van der Waals surface area contributed by atoms with Crippen molar-refractivity contribution >= 4 is 19.2 Å².